The summed E-state index contributed by atoms with van der Waals surface area (Å²) in [6.07, 6.45) is 2.92. The second kappa shape index (κ2) is 11.4. The fourth-order valence-corrected chi connectivity index (χ4v) is 4.17. The number of methoxy groups -OCH3 is 1. The number of halogens is 1. The van der Waals surface area contributed by atoms with Crippen molar-refractivity contribution in [1.29, 1.82) is 0 Å². The van der Waals surface area contributed by atoms with Crippen LogP contribution in [0.4, 0.5) is 5.69 Å². The molecule has 4 rings (SSSR count). The smallest absolute Gasteiger partial charge is 0.439 e. The maximum absolute atomic E-state index is 13.4. The van der Waals surface area contributed by atoms with Gasteiger partial charge in [-0.3, -0.25) is 19.3 Å². The molecule has 4 aromatic rings. The number of ether oxygens (including phenoxy) is 1. The molecule has 1 atom stereocenters. The Balaban J connectivity index is 1.81. The number of nitrogens with two attached hydrogens (primary N) is 1. The lowest BCUT2D eigenvalue weighted by Gasteiger charge is -2.20. The van der Waals surface area contributed by atoms with E-state index in [9.17, 15) is 9.59 Å². The molecule has 1 unspecified atom stereocenters. The maximum atomic E-state index is 13.4. The van der Waals surface area contributed by atoms with Crippen LogP contribution in [0.3, 0.4) is 0 Å². The zero-order valence-electron chi connectivity index (χ0n) is 21.3. The molecular weight excluding hydrogens is 512 g/mol. The molecule has 0 aliphatic heterocycles. The lowest BCUT2D eigenvalue weighted by atomic mass is 9.99. The van der Waals surface area contributed by atoms with Gasteiger partial charge in [-0.2, -0.15) is 0 Å². The fourth-order valence-electron chi connectivity index (χ4n) is 4.02. The summed E-state index contributed by atoms with van der Waals surface area (Å²) in [6.45, 7) is 6.39. The number of pyridine rings is 1. The first-order valence-corrected chi connectivity index (χ1v) is 12.1. The predicted octanol–water partition coefficient (Wildman–Crippen LogP) is 3.99. The summed E-state index contributed by atoms with van der Waals surface area (Å²) < 4.78 is 16.0. The zero-order chi connectivity index (χ0) is 27.4. The number of aliphatic imine (C=N–C) groups is 1. The van der Waals surface area contributed by atoms with Crippen molar-refractivity contribution >= 4 is 40.0 Å². The highest BCUT2D eigenvalue weighted by atomic mass is 35.5. The van der Waals surface area contributed by atoms with Crippen molar-refractivity contribution in [3.8, 4) is 11.5 Å². The first-order chi connectivity index (χ1) is 18.2. The van der Waals surface area contributed by atoms with Crippen molar-refractivity contribution in [2.24, 2.45) is 10.7 Å². The number of aromatic nitrogens is 3. The second-order valence-corrected chi connectivity index (χ2v) is 8.99. The van der Waals surface area contributed by atoms with Crippen LogP contribution in [0.25, 0.3) is 28.1 Å². The Hall–Kier alpha value is -4.22. The molecule has 11 nitrogen and oxygen atoms in total. The number of rotatable bonds is 9. The summed E-state index contributed by atoms with van der Waals surface area (Å²) in [4.78, 5) is 36.0. The summed E-state index contributed by atoms with van der Waals surface area (Å²) >= 11 is 6.10. The number of hydrogen-bond acceptors (Lipinski definition) is 10. The SMILES string of the molecule is COCCN=C/C(=C\N)c1oc2c(C(C)Nc3ccc(Cl)nc3-c3noc(=O)[nH]3)cc(C)cc2c(=O)c1C. The number of hydrogen-bond donors (Lipinski definition) is 3. The Morgan fingerprint density at radius 1 is 1.32 bits per heavy atom. The lowest BCUT2D eigenvalue weighted by Crippen LogP contribution is -2.14. The van der Waals surface area contributed by atoms with Gasteiger partial charge in [0.15, 0.2) is 5.43 Å². The summed E-state index contributed by atoms with van der Waals surface area (Å²) in [5.74, 6) is -0.265. The molecule has 1 aromatic carbocycles. The van der Waals surface area contributed by atoms with Crippen LogP contribution >= 0.6 is 11.6 Å². The third kappa shape index (κ3) is 5.53. The highest BCUT2D eigenvalue weighted by molar-refractivity contribution is 6.29. The quantitative estimate of drug-likeness (QED) is 0.162. The molecule has 3 heterocycles. The minimum atomic E-state index is -0.718. The van der Waals surface area contributed by atoms with Crippen LogP contribution in [0.5, 0.6) is 0 Å². The van der Waals surface area contributed by atoms with E-state index in [2.05, 4.69) is 30.0 Å². The van der Waals surface area contributed by atoms with Gasteiger partial charge in [0.1, 0.15) is 22.2 Å². The molecule has 4 N–H and O–H groups in total. The van der Waals surface area contributed by atoms with Gasteiger partial charge in [0.25, 0.3) is 0 Å². The summed E-state index contributed by atoms with van der Waals surface area (Å²) in [7, 11) is 1.59. The number of nitrogens with one attached hydrogen (secondary N) is 2. The van der Waals surface area contributed by atoms with Gasteiger partial charge in [-0.1, -0.05) is 22.8 Å². The van der Waals surface area contributed by atoms with Crippen molar-refractivity contribution < 1.29 is 13.7 Å². The van der Waals surface area contributed by atoms with E-state index in [0.29, 0.717) is 52.4 Å². The van der Waals surface area contributed by atoms with E-state index >= 15 is 0 Å². The lowest BCUT2D eigenvalue weighted by molar-refractivity contribution is 0.208. The number of allylic oxidation sites excluding steroid dienone is 1. The topological polar surface area (TPSA) is 162 Å². The van der Waals surface area contributed by atoms with E-state index in [0.717, 1.165) is 11.1 Å². The molecule has 0 saturated carbocycles. The molecule has 0 spiro atoms. The number of H-pyrrole nitrogens is 1. The zero-order valence-corrected chi connectivity index (χ0v) is 22.0. The van der Waals surface area contributed by atoms with E-state index in [-0.39, 0.29) is 22.4 Å². The molecule has 0 aliphatic rings. The molecule has 0 fully saturated rings. The number of fused-ring (bicyclic) bond motifs is 1. The Bertz CT molecular complexity index is 1650. The van der Waals surface area contributed by atoms with E-state index < -0.39 is 5.76 Å². The van der Waals surface area contributed by atoms with Gasteiger partial charge in [0, 0.05) is 30.7 Å². The Kier molecular flexibility index (Phi) is 8.08. The molecule has 38 heavy (non-hydrogen) atoms. The van der Waals surface area contributed by atoms with Crippen molar-refractivity contribution in [1.82, 2.24) is 15.1 Å². The van der Waals surface area contributed by atoms with Gasteiger partial charge in [0.05, 0.1) is 35.8 Å². The third-order valence-corrected chi connectivity index (χ3v) is 6.06. The highest BCUT2D eigenvalue weighted by Crippen LogP contribution is 2.33. The fraction of sp³-hybridized carbons (Fsp3) is 0.269. The van der Waals surface area contributed by atoms with Gasteiger partial charge < -0.3 is 20.2 Å². The maximum Gasteiger partial charge on any atom is 0.439 e. The minimum absolute atomic E-state index is 0.122. The Morgan fingerprint density at radius 2 is 2.11 bits per heavy atom. The van der Waals surface area contributed by atoms with E-state index in [1.165, 1.54) is 6.20 Å². The van der Waals surface area contributed by atoms with Crippen molar-refractivity contribution in [2.45, 2.75) is 26.8 Å². The predicted molar refractivity (Wildman–Crippen MR) is 147 cm³/mol. The molecule has 0 aliphatic carbocycles. The van der Waals surface area contributed by atoms with Gasteiger partial charge in [0.2, 0.25) is 5.82 Å². The van der Waals surface area contributed by atoms with Crippen LogP contribution in [-0.4, -0.2) is 41.6 Å². The Morgan fingerprint density at radius 3 is 2.79 bits per heavy atom. The summed E-state index contributed by atoms with van der Waals surface area (Å²) in [6, 6.07) is 6.67. The number of anilines is 1. The van der Waals surface area contributed by atoms with E-state index in [4.69, 9.17) is 26.5 Å². The normalized spacial score (nSPS) is 12.9. The van der Waals surface area contributed by atoms with Crippen LogP contribution in [0.15, 0.2) is 54.0 Å². The first kappa shape index (κ1) is 26.8. The van der Waals surface area contributed by atoms with Crippen LogP contribution in [0.2, 0.25) is 5.15 Å². The van der Waals surface area contributed by atoms with Crippen molar-refractivity contribution in [3.63, 3.8) is 0 Å². The number of aryl methyl sites for hydroxylation is 1. The molecule has 3 aromatic heterocycles. The molecule has 198 valence electrons. The number of nitrogens with zero attached hydrogens (tertiary/aromatic N) is 3. The van der Waals surface area contributed by atoms with Gasteiger partial charge in [-0.05, 0) is 44.5 Å². The molecule has 0 bridgehead atoms. The van der Waals surface area contributed by atoms with Crippen molar-refractivity contribution in [3.05, 3.63) is 78.8 Å². The van der Waals surface area contributed by atoms with Crippen LogP contribution in [0, 0.1) is 13.8 Å². The molecule has 0 saturated heterocycles. The van der Waals surface area contributed by atoms with Crippen LogP contribution in [0.1, 0.15) is 35.4 Å². The highest BCUT2D eigenvalue weighted by Gasteiger charge is 2.21. The van der Waals surface area contributed by atoms with Gasteiger partial charge in [-0.25, -0.2) is 9.78 Å². The largest absolute Gasteiger partial charge is 0.455 e. The van der Waals surface area contributed by atoms with Crippen LogP contribution < -0.4 is 22.2 Å². The monoisotopic (exact) mass is 538 g/mol. The van der Waals surface area contributed by atoms with E-state index in [1.54, 1.807) is 38.4 Å². The van der Waals surface area contributed by atoms with Gasteiger partial charge >= 0.3 is 5.76 Å². The van der Waals surface area contributed by atoms with E-state index in [1.807, 2.05) is 19.9 Å². The minimum Gasteiger partial charge on any atom is -0.455 e. The third-order valence-electron chi connectivity index (χ3n) is 5.85. The average molecular weight is 539 g/mol. The number of benzene rings is 1. The summed E-state index contributed by atoms with van der Waals surface area (Å²) in [5.41, 5.74) is 9.44. The average Bonchev–Trinajstić information content (AvgIpc) is 3.33. The second-order valence-electron chi connectivity index (χ2n) is 8.61. The van der Waals surface area contributed by atoms with Crippen LogP contribution in [-0.2, 0) is 4.74 Å². The molecular formula is C26H27ClN6O5. The van der Waals surface area contributed by atoms with Crippen molar-refractivity contribution in [2.75, 3.05) is 25.6 Å². The Labute approximate surface area is 222 Å². The summed E-state index contributed by atoms with van der Waals surface area (Å²) in [5, 5.41) is 7.74. The first-order valence-electron chi connectivity index (χ1n) is 11.7. The van der Waals surface area contributed by atoms with Gasteiger partial charge in [-0.15, -0.1) is 0 Å². The molecule has 12 heteroatoms. The standard InChI is InChI=1S/C26H27ClN6O5/c1-13-9-17(15(3)30-19-5-6-20(27)31-21(19)25-32-26(35)38-33-25)24-18(10-13)22(34)14(2)23(37-24)16(11-28)12-29-7-8-36-4/h5-6,9-12,15,30H,7-8,28H2,1-4H3,(H,32,33,35)/b16-11+,29-12?. The molecule has 0 radical (unpaired) electrons. The molecule has 0 amide bonds. The number of aromatic amines is 1.